The molecule has 116 valence electrons. The Labute approximate surface area is 116 Å². The third-order valence-corrected chi connectivity index (χ3v) is 2.93. The molecule has 0 saturated carbocycles. The molecule has 0 aliphatic heterocycles. The topological polar surface area (TPSA) is 71.1 Å². The first-order chi connectivity index (χ1) is 9.12. The Bertz CT molecular complexity index is 256. The lowest BCUT2D eigenvalue weighted by Crippen LogP contribution is -2.14. The lowest BCUT2D eigenvalue weighted by atomic mass is 10.5. The molecule has 0 N–H and O–H groups in total. The van der Waals surface area contributed by atoms with E-state index in [0.717, 1.165) is 12.8 Å². The highest BCUT2D eigenvalue weighted by molar-refractivity contribution is 7.81. The molecule has 0 amide bonds. The van der Waals surface area contributed by atoms with Crippen LogP contribution >= 0.6 is 0 Å². The van der Waals surface area contributed by atoms with Crippen LogP contribution in [0.5, 0.6) is 0 Å². The summed E-state index contributed by atoms with van der Waals surface area (Å²) in [7, 11) is -3.88. The molecule has 0 aromatic rings. The van der Waals surface area contributed by atoms with Crippen molar-refractivity contribution < 1.29 is 26.3 Å². The van der Waals surface area contributed by atoms with Crippen molar-refractivity contribution in [1.82, 2.24) is 0 Å². The molecule has 0 spiro atoms. The maximum atomic E-state index is 11.3. The molecule has 0 saturated heterocycles. The molecule has 0 heterocycles. The van der Waals surface area contributed by atoms with Crippen LogP contribution < -0.4 is 0 Å². The predicted octanol–water partition coefficient (Wildman–Crippen LogP) is 1.90. The maximum absolute atomic E-state index is 11.3. The summed E-state index contributed by atoms with van der Waals surface area (Å²) in [6, 6.07) is 0. The van der Waals surface area contributed by atoms with E-state index >= 15 is 0 Å². The highest BCUT2D eigenvalue weighted by atomic mass is 32.3. The van der Waals surface area contributed by atoms with Crippen LogP contribution in [0.2, 0.25) is 0 Å². The lowest BCUT2D eigenvalue weighted by Gasteiger charge is -2.06. The van der Waals surface area contributed by atoms with Crippen molar-refractivity contribution in [1.29, 1.82) is 0 Å². The van der Waals surface area contributed by atoms with Crippen LogP contribution in [0.3, 0.4) is 0 Å². The summed E-state index contributed by atoms with van der Waals surface area (Å²) in [5.74, 6) is 0. The van der Waals surface area contributed by atoms with Gasteiger partial charge in [-0.15, -0.1) is 0 Å². The van der Waals surface area contributed by atoms with E-state index in [0.29, 0.717) is 39.3 Å². The summed E-state index contributed by atoms with van der Waals surface area (Å²) in [6.07, 6.45) is 2.95. The van der Waals surface area contributed by atoms with Crippen LogP contribution in [0, 0.1) is 0 Å². The fourth-order valence-corrected chi connectivity index (χ4v) is 1.88. The van der Waals surface area contributed by atoms with Gasteiger partial charge in [0.15, 0.2) is 0 Å². The van der Waals surface area contributed by atoms with E-state index in [1.807, 2.05) is 13.8 Å². The van der Waals surface area contributed by atoms with E-state index in [1.165, 1.54) is 0 Å². The van der Waals surface area contributed by atoms with Crippen molar-refractivity contribution in [3.05, 3.63) is 0 Å². The smallest absolute Gasteiger partial charge is 0.381 e. The van der Waals surface area contributed by atoms with Crippen LogP contribution in [0.1, 0.15) is 39.5 Å². The Morgan fingerprint density at radius 2 is 1.11 bits per heavy atom. The predicted molar refractivity (Wildman–Crippen MR) is 72.3 cm³/mol. The molecule has 0 aromatic heterocycles. The second kappa shape index (κ2) is 12.8. The van der Waals surface area contributed by atoms with E-state index in [2.05, 4.69) is 8.37 Å². The molecule has 19 heavy (non-hydrogen) atoms. The zero-order valence-electron chi connectivity index (χ0n) is 11.9. The summed E-state index contributed by atoms with van der Waals surface area (Å²) in [6.45, 7) is 6.54. The van der Waals surface area contributed by atoms with Gasteiger partial charge in [-0.25, -0.2) is 8.37 Å². The molecule has 0 bridgehead atoms. The average Bonchev–Trinajstić information content (AvgIpc) is 2.38. The Morgan fingerprint density at radius 3 is 1.47 bits per heavy atom. The number of hydrogen-bond donors (Lipinski definition) is 0. The molecule has 0 aliphatic carbocycles. The first kappa shape index (κ1) is 18.8. The van der Waals surface area contributed by atoms with Gasteiger partial charge in [0.2, 0.25) is 0 Å². The van der Waals surface area contributed by atoms with Crippen LogP contribution in [0.4, 0.5) is 0 Å². The maximum Gasteiger partial charge on any atom is 0.399 e. The monoisotopic (exact) mass is 298 g/mol. The zero-order valence-corrected chi connectivity index (χ0v) is 12.7. The summed E-state index contributed by atoms with van der Waals surface area (Å²) >= 11 is 0. The van der Waals surface area contributed by atoms with Crippen LogP contribution in [0.15, 0.2) is 0 Å². The van der Waals surface area contributed by atoms with Gasteiger partial charge in [0.25, 0.3) is 0 Å². The third kappa shape index (κ3) is 14.0. The van der Waals surface area contributed by atoms with E-state index in [9.17, 15) is 8.42 Å². The van der Waals surface area contributed by atoms with E-state index in [4.69, 9.17) is 9.47 Å². The molecule has 0 atom stereocenters. The van der Waals surface area contributed by atoms with Gasteiger partial charge in [-0.05, 0) is 25.7 Å². The fourth-order valence-electron chi connectivity index (χ4n) is 1.17. The Balaban J connectivity index is 3.42. The van der Waals surface area contributed by atoms with E-state index in [-0.39, 0.29) is 13.2 Å². The second-order valence-electron chi connectivity index (χ2n) is 3.98. The Morgan fingerprint density at radius 1 is 0.684 bits per heavy atom. The molecular formula is C12H26O6S. The van der Waals surface area contributed by atoms with Gasteiger partial charge in [-0.1, -0.05) is 13.8 Å². The molecular weight excluding hydrogens is 272 g/mol. The summed E-state index contributed by atoms with van der Waals surface area (Å²) in [5, 5.41) is 0. The van der Waals surface area contributed by atoms with Gasteiger partial charge in [0, 0.05) is 26.4 Å². The van der Waals surface area contributed by atoms with Crippen molar-refractivity contribution in [3.8, 4) is 0 Å². The molecule has 6 nitrogen and oxygen atoms in total. The van der Waals surface area contributed by atoms with Crippen LogP contribution in [-0.2, 0) is 28.2 Å². The molecule has 7 heteroatoms. The van der Waals surface area contributed by atoms with Crippen molar-refractivity contribution in [2.24, 2.45) is 0 Å². The van der Waals surface area contributed by atoms with E-state index < -0.39 is 10.4 Å². The van der Waals surface area contributed by atoms with Crippen LogP contribution in [-0.4, -0.2) is 48.1 Å². The first-order valence-electron chi connectivity index (χ1n) is 6.81. The number of rotatable bonds is 14. The summed E-state index contributed by atoms with van der Waals surface area (Å²) in [5.41, 5.74) is 0. The van der Waals surface area contributed by atoms with Crippen molar-refractivity contribution in [2.75, 3.05) is 39.6 Å². The highest BCUT2D eigenvalue weighted by Gasteiger charge is 2.10. The molecule has 0 aromatic carbocycles. The quantitative estimate of drug-likeness (QED) is 0.456. The molecule has 0 aliphatic rings. The standard InChI is InChI=1S/C12H26O6S/c1-3-7-15-9-5-11-17-19(13,14)18-12-6-10-16-8-4-2/h3-12H2,1-2H3. The Kier molecular flexibility index (Phi) is 12.7. The molecule has 0 rings (SSSR count). The van der Waals surface area contributed by atoms with Gasteiger partial charge in [0.1, 0.15) is 0 Å². The molecule has 0 unspecified atom stereocenters. The molecule has 0 fully saturated rings. The van der Waals surface area contributed by atoms with Gasteiger partial charge < -0.3 is 9.47 Å². The Hall–Kier alpha value is -0.210. The normalized spacial score (nSPS) is 11.9. The average molecular weight is 298 g/mol. The van der Waals surface area contributed by atoms with Gasteiger partial charge in [0.05, 0.1) is 13.2 Å². The summed E-state index contributed by atoms with van der Waals surface area (Å²) in [4.78, 5) is 0. The zero-order chi connectivity index (χ0) is 14.4. The lowest BCUT2D eigenvalue weighted by molar-refractivity contribution is 0.108. The second-order valence-corrected chi connectivity index (χ2v) is 5.27. The number of ether oxygens (including phenoxy) is 2. The SMILES string of the molecule is CCCOCCCOS(=O)(=O)OCCCOCCC. The van der Waals surface area contributed by atoms with Gasteiger partial charge >= 0.3 is 10.4 Å². The fraction of sp³-hybridized carbons (Fsp3) is 1.00. The highest BCUT2D eigenvalue weighted by Crippen LogP contribution is 1.99. The summed E-state index contributed by atoms with van der Waals surface area (Å²) < 4.78 is 42.3. The first-order valence-corrected chi connectivity index (χ1v) is 8.15. The minimum Gasteiger partial charge on any atom is -0.381 e. The van der Waals surface area contributed by atoms with Crippen LogP contribution in [0.25, 0.3) is 0 Å². The van der Waals surface area contributed by atoms with Crippen molar-refractivity contribution in [2.45, 2.75) is 39.5 Å². The van der Waals surface area contributed by atoms with E-state index in [1.54, 1.807) is 0 Å². The minimum atomic E-state index is -3.88. The minimum absolute atomic E-state index is 0.0817. The van der Waals surface area contributed by atoms with Gasteiger partial charge in [-0.3, -0.25) is 0 Å². The third-order valence-electron chi connectivity index (χ3n) is 2.02. The largest absolute Gasteiger partial charge is 0.399 e. The number of hydrogen-bond acceptors (Lipinski definition) is 6. The van der Waals surface area contributed by atoms with Crippen molar-refractivity contribution in [3.63, 3.8) is 0 Å². The van der Waals surface area contributed by atoms with Crippen molar-refractivity contribution >= 4 is 10.4 Å². The van der Waals surface area contributed by atoms with Gasteiger partial charge in [-0.2, -0.15) is 8.42 Å². The molecule has 0 radical (unpaired) electrons.